The molecule has 6 heteroatoms. The normalized spacial score (nSPS) is 16.0. The van der Waals surface area contributed by atoms with Crippen molar-refractivity contribution in [2.45, 2.75) is 75.7 Å². The molecule has 2 aromatic rings. The molecule has 5 rings (SSSR count). The molecule has 0 aliphatic heterocycles. The molecule has 0 saturated heterocycles. The van der Waals surface area contributed by atoms with Crippen LogP contribution in [0.4, 0.5) is 0 Å². The third kappa shape index (κ3) is 13.0. The Hall–Kier alpha value is 0.196. The number of allylic oxidation sites excluding steroid dienone is 12. The molecule has 44 heavy (non-hydrogen) atoms. The fraction of sp³-hybridized carbons (Fsp3) is 0.342. The van der Waals surface area contributed by atoms with Crippen LogP contribution < -0.4 is 24.8 Å². The van der Waals surface area contributed by atoms with Crippen molar-refractivity contribution >= 4 is 27.8 Å². The largest absolute Gasteiger partial charge is 3.00 e. The average Bonchev–Trinajstić information content (AvgIpc) is 3.64. The Labute approximate surface area is 324 Å². The molecule has 0 spiro atoms. The topological polar surface area (TPSA) is 0 Å². The molecule has 0 fully saturated rings. The van der Waals surface area contributed by atoms with Crippen molar-refractivity contribution in [2.75, 3.05) is 0 Å². The van der Waals surface area contributed by atoms with Gasteiger partial charge in [-0.2, -0.15) is 23.6 Å². The number of benzene rings is 1. The van der Waals surface area contributed by atoms with Gasteiger partial charge in [0.05, 0.1) is 0 Å². The summed E-state index contributed by atoms with van der Waals surface area (Å²) in [5.41, 5.74) is 12.5. The van der Waals surface area contributed by atoms with Crippen LogP contribution in [0, 0.1) is 46.6 Å². The van der Waals surface area contributed by atoms with Crippen molar-refractivity contribution in [3.8, 4) is 0 Å². The third-order valence-corrected chi connectivity index (χ3v) is 8.51. The van der Waals surface area contributed by atoms with E-state index in [1.807, 2.05) is 12.2 Å². The molecule has 0 saturated carbocycles. The molecule has 0 nitrogen and oxygen atoms in total. The van der Waals surface area contributed by atoms with E-state index in [9.17, 15) is 0 Å². The van der Waals surface area contributed by atoms with E-state index in [2.05, 4.69) is 124 Å². The summed E-state index contributed by atoms with van der Waals surface area (Å²) in [5.74, 6) is 0. The van der Waals surface area contributed by atoms with Crippen molar-refractivity contribution in [1.29, 1.82) is 0 Å². The van der Waals surface area contributed by atoms with E-state index >= 15 is 0 Å². The molecule has 0 atom stereocenters. The molecular weight excluding hydrogens is 781 g/mol. The van der Waals surface area contributed by atoms with Crippen LogP contribution in [0.3, 0.4) is 0 Å². The number of hydrogen-bond donors (Lipinski definition) is 0. The molecule has 0 aromatic heterocycles. The van der Waals surface area contributed by atoms with Crippen molar-refractivity contribution in [2.24, 2.45) is 10.8 Å². The summed E-state index contributed by atoms with van der Waals surface area (Å²) in [6.45, 7) is 23.3. The van der Waals surface area contributed by atoms with Crippen LogP contribution >= 0.6 is 17.0 Å². The zero-order valence-electron chi connectivity index (χ0n) is 29.5. The van der Waals surface area contributed by atoms with Gasteiger partial charge in [-0.25, -0.2) is 12.2 Å². The minimum atomic E-state index is -0.826. The molecule has 3 aliphatic rings. The van der Waals surface area contributed by atoms with Crippen molar-refractivity contribution in [3.63, 3.8) is 0 Å². The second-order valence-corrected chi connectivity index (χ2v) is 14.7. The number of rotatable bonds is 1. The Morgan fingerprint density at radius 3 is 1.39 bits per heavy atom. The molecule has 2 aromatic carbocycles. The molecule has 0 amide bonds. The first kappa shape index (κ1) is 56.5. The monoisotopic (exact) mass is 830 g/mol. The van der Waals surface area contributed by atoms with Gasteiger partial charge < -0.3 is 54.5 Å². The molecule has 247 valence electrons. The van der Waals surface area contributed by atoms with Crippen molar-refractivity contribution < 1.29 is 71.9 Å². The maximum atomic E-state index is 4.93. The molecule has 0 N–H and O–H groups in total. The minimum absolute atomic E-state index is 0. The summed E-state index contributed by atoms with van der Waals surface area (Å²) >= 11 is -0.826. The van der Waals surface area contributed by atoms with Crippen LogP contribution in [-0.4, -0.2) is 0 Å². The van der Waals surface area contributed by atoms with Gasteiger partial charge in [0.1, 0.15) is 0 Å². The van der Waals surface area contributed by atoms with Crippen molar-refractivity contribution in [3.05, 3.63) is 141 Å². The maximum absolute atomic E-state index is 4.93. The van der Waals surface area contributed by atoms with Gasteiger partial charge in [-0.3, -0.25) is 6.08 Å². The van der Waals surface area contributed by atoms with Gasteiger partial charge in [0.15, 0.2) is 0 Å². The first-order valence-electron chi connectivity index (χ1n) is 12.9. The molecule has 0 bridgehead atoms. The van der Waals surface area contributed by atoms with Gasteiger partial charge in [-0.05, 0) is 75.0 Å². The SMILES string of the molecule is CC1=C(C)C(C)(C)C(C2=C(C)C(C)=C(C)C2(C)C)=C1C.[C-]1=CC=CC1.[CH3-].[CH3-].[CH3-].[CH3-].[Cl-].[Cl-].[Cl][Zr][Cl].[Zr+3].c1ccc2[cH-]ccc2c1. The number of fused-ring (bicyclic) bond motifs is 1. The molecular formula is C38H54Cl4Zr2-5. The molecule has 0 unspecified atom stereocenters. The summed E-state index contributed by atoms with van der Waals surface area (Å²) in [6, 6.07) is 14.7. The van der Waals surface area contributed by atoms with Crippen molar-refractivity contribution in [1.82, 2.24) is 0 Å². The number of hydrogen-bond acceptors (Lipinski definition) is 0. The van der Waals surface area contributed by atoms with E-state index in [-0.39, 0.29) is 91.6 Å². The quantitative estimate of drug-likeness (QED) is 0.263. The summed E-state index contributed by atoms with van der Waals surface area (Å²) < 4.78 is 0. The zero-order chi connectivity index (χ0) is 28.0. The second kappa shape index (κ2) is 25.2. The predicted molar refractivity (Wildman–Crippen MR) is 188 cm³/mol. The first-order valence-corrected chi connectivity index (χ1v) is 19.2. The van der Waals surface area contributed by atoms with E-state index in [1.54, 1.807) is 11.1 Å². The van der Waals surface area contributed by atoms with Gasteiger partial charge in [0.25, 0.3) is 0 Å². The molecule has 1 radical (unpaired) electrons. The molecule has 3 aliphatic carbocycles. The Morgan fingerprint density at radius 2 is 1.11 bits per heavy atom. The zero-order valence-corrected chi connectivity index (χ0v) is 37.4. The Morgan fingerprint density at radius 1 is 0.705 bits per heavy atom. The first-order chi connectivity index (χ1) is 17.3. The summed E-state index contributed by atoms with van der Waals surface area (Å²) in [6.07, 6.45) is 10.0. The fourth-order valence-corrected chi connectivity index (χ4v) is 5.60. The van der Waals surface area contributed by atoms with Crippen LogP contribution in [0.25, 0.3) is 10.8 Å². The van der Waals surface area contributed by atoms with Crippen LogP contribution in [0.5, 0.6) is 0 Å². The average molecular weight is 835 g/mol. The Balaban J connectivity index is -0.000000127. The molecule has 0 heterocycles. The van der Waals surface area contributed by atoms with E-state index in [1.165, 1.54) is 44.2 Å². The Kier molecular flexibility index (Phi) is 32.4. The predicted octanol–water partition coefficient (Wildman–Crippen LogP) is 7.42. The van der Waals surface area contributed by atoms with Gasteiger partial charge in [0, 0.05) is 10.8 Å². The van der Waals surface area contributed by atoms with Gasteiger partial charge >= 0.3 is 64.1 Å². The van der Waals surface area contributed by atoms with Crippen LogP contribution in [-0.2, 0) is 47.1 Å². The standard InChI is InChI=1S/C20H30.C9H7.C5H5.4CH3.4ClH.2Zr/c1-11-13(3)17(19(7,8)15(11)5)18-14(4)12(2)16(6)20(18,9)10;1-2-5-9-7-3-6-8(9)4-1;1-2-4-5-3-1;;;;;;;;;;/h1-10H3;1-7H;1-3H,4H2;4*1H3;4*1H;;/q;6*-1;;;;;+2;+3/p-4. The van der Waals surface area contributed by atoms with E-state index < -0.39 is 20.8 Å². The second-order valence-electron chi connectivity index (χ2n) is 11.0. The number of halogens is 4. The third-order valence-electron chi connectivity index (χ3n) is 8.51. The van der Waals surface area contributed by atoms with Crippen LogP contribution in [0.15, 0.2) is 105 Å². The van der Waals surface area contributed by atoms with Gasteiger partial charge in [-0.15, -0.1) is 36.1 Å². The fourth-order valence-electron chi connectivity index (χ4n) is 5.60. The summed E-state index contributed by atoms with van der Waals surface area (Å²) in [4.78, 5) is 0. The smallest absolute Gasteiger partial charge is 0.168 e. The van der Waals surface area contributed by atoms with E-state index in [0.717, 1.165) is 6.42 Å². The summed E-state index contributed by atoms with van der Waals surface area (Å²) in [5, 5.41) is 2.66. The summed E-state index contributed by atoms with van der Waals surface area (Å²) in [7, 11) is 9.87. The Bertz CT molecular complexity index is 1200. The van der Waals surface area contributed by atoms with Gasteiger partial charge in [0.2, 0.25) is 0 Å². The maximum Gasteiger partial charge on any atom is 3.00 e. The van der Waals surface area contributed by atoms with Gasteiger partial charge in [-0.1, -0.05) is 44.9 Å². The van der Waals surface area contributed by atoms with E-state index in [0.29, 0.717) is 0 Å². The van der Waals surface area contributed by atoms with Crippen LogP contribution in [0.2, 0.25) is 0 Å². The van der Waals surface area contributed by atoms with Crippen LogP contribution in [0.1, 0.15) is 75.7 Å². The van der Waals surface area contributed by atoms with E-state index in [4.69, 9.17) is 17.0 Å². The minimum Gasteiger partial charge on any atom is -0.168 e.